The monoisotopic (exact) mass is 170 g/mol. The lowest BCUT2D eigenvalue weighted by atomic mass is 10.4. The lowest BCUT2D eigenvalue weighted by Crippen LogP contribution is -1.89. The van der Waals surface area contributed by atoms with E-state index in [-0.39, 0.29) is 0 Å². The van der Waals surface area contributed by atoms with Crippen LogP contribution in [0.3, 0.4) is 0 Å². The van der Waals surface area contributed by atoms with Crippen LogP contribution in [0.5, 0.6) is 0 Å². The maximum atomic E-state index is 5.38. The van der Waals surface area contributed by atoms with Crippen LogP contribution < -0.4 is 0 Å². The largest absolute Gasteiger partial charge is 0.461 e. The topological polar surface area (TPSA) is 31.6 Å². The molecule has 0 radical (unpaired) electrons. The van der Waals surface area contributed by atoms with E-state index in [1.54, 1.807) is 7.11 Å². The fourth-order valence-corrected chi connectivity index (χ4v) is 0.922. The van der Waals surface area contributed by atoms with Gasteiger partial charge in [0.2, 0.25) is 0 Å². The highest BCUT2D eigenvalue weighted by Crippen LogP contribution is 2.09. The summed E-state index contributed by atoms with van der Waals surface area (Å²) in [5, 5.41) is 0. The molecule has 0 aromatic carbocycles. The molecule has 0 saturated carbocycles. The molecule has 0 N–H and O–H groups in total. The van der Waals surface area contributed by atoms with Crippen molar-refractivity contribution in [3.05, 3.63) is 23.7 Å². The van der Waals surface area contributed by atoms with Crippen molar-refractivity contribution in [3.63, 3.8) is 0 Å². The molecule has 1 aromatic heterocycles. The average molecular weight is 170 g/mol. The summed E-state index contributed by atoms with van der Waals surface area (Å²) in [4.78, 5) is 0. The number of ether oxygens (including phenoxy) is 2. The van der Waals surface area contributed by atoms with E-state index in [1.165, 1.54) is 0 Å². The van der Waals surface area contributed by atoms with Gasteiger partial charge >= 0.3 is 0 Å². The molecule has 0 saturated heterocycles. The van der Waals surface area contributed by atoms with Crippen molar-refractivity contribution in [2.45, 2.75) is 20.1 Å². The molecule has 1 aromatic rings. The van der Waals surface area contributed by atoms with Crippen molar-refractivity contribution in [1.82, 2.24) is 0 Å². The SMILES string of the molecule is CCOCc1ccc(COC)o1. The van der Waals surface area contributed by atoms with E-state index in [0.717, 1.165) is 11.5 Å². The van der Waals surface area contributed by atoms with Gasteiger partial charge in [-0.3, -0.25) is 0 Å². The molecule has 0 aliphatic heterocycles. The predicted molar refractivity (Wildman–Crippen MR) is 44.8 cm³/mol. The van der Waals surface area contributed by atoms with Gasteiger partial charge in [0, 0.05) is 13.7 Å². The molecule has 3 nitrogen and oxygen atoms in total. The van der Waals surface area contributed by atoms with Crippen molar-refractivity contribution in [3.8, 4) is 0 Å². The molecule has 1 heterocycles. The molecule has 0 amide bonds. The molecule has 0 unspecified atom stereocenters. The summed E-state index contributed by atoms with van der Waals surface area (Å²) in [6.07, 6.45) is 0. The minimum absolute atomic E-state index is 0.520. The molecule has 68 valence electrons. The van der Waals surface area contributed by atoms with Crippen molar-refractivity contribution in [2.24, 2.45) is 0 Å². The second kappa shape index (κ2) is 4.95. The molecule has 0 bridgehead atoms. The Balaban J connectivity index is 2.41. The second-order valence-corrected chi connectivity index (χ2v) is 2.44. The van der Waals surface area contributed by atoms with Gasteiger partial charge in [-0.1, -0.05) is 0 Å². The highest BCUT2D eigenvalue weighted by Gasteiger charge is 2.00. The Kier molecular flexibility index (Phi) is 3.84. The Morgan fingerprint density at radius 1 is 1.25 bits per heavy atom. The molecule has 0 fully saturated rings. The normalized spacial score (nSPS) is 10.5. The van der Waals surface area contributed by atoms with Crippen molar-refractivity contribution in [2.75, 3.05) is 13.7 Å². The second-order valence-electron chi connectivity index (χ2n) is 2.44. The third-order valence-corrected chi connectivity index (χ3v) is 1.45. The van der Waals surface area contributed by atoms with Crippen LogP contribution in [-0.4, -0.2) is 13.7 Å². The van der Waals surface area contributed by atoms with Crippen LogP contribution in [0.1, 0.15) is 18.4 Å². The van der Waals surface area contributed by atoms with Gasteiger partial charge in [0.1, 0.15) is 24.7 Å². The van der Waals surface area contributed by atoms with Crippen LogP contribution in [-0.2, 0) is 22.7 Å². The van der Waals surface area contributed by atoms with E-state index in [2.05, 4.69) is 0 Å². The lowest BCUT2D eigenvalue weighted by Gasteiger charge is -1.96. The number of methoxy groups -OCH3 is 1. The van der Waals surface area contributed by atoms with Crippen LogP contribution in [0, 0.1) is 0 Å². The van der Waals surface area contributed by atoms with Crippen LogP contribution in [0.15, 0.2) is 16.5 Å². The van der Waals surface area contributed by atoms with Gasteiger partial charge in [-0.05, 0) is 19.1 Å². The zero-order valence-corrected chi connectivity index (χ0v) is 7.50. The molecular formula is C9H14O3. The molecule has 12 heavy (non-hydrogen) atoms. The Labute approximate surface area is 72.3 Å². The number of rotatable bonds is 5. The van der Waals surface area contributed by atoms with Crippen molar-refractivity contribution in [1.29, 1.82) is 0 Å². The maximum Gasteiger partial charge on any atom is 0.129 e. The van der Waals surface area contributed by atoms with E-state index >= 15 is 0 Å². The first kappa shape index (κ1) is 9.29. The van der Waals surface area contributed by atoms with Gasteiger partial charge in [0.25, 0.3) is 0 Å². The first-order valence-corrected chi connectivity index (χ1v) is 4.01. The highest BCUT2D eigenvalue weighted by molar-refractivity contribution is 5.05. The molecular weight excluding hydrogens is 156 g/mol. The first-order valence-electron chi connectivity index (χ1n) is 4.01. The van der Waals surface area contributed by atoms with E-state index in [1.807, 2.05) is 19.1 Å². The van der Waals surface area contributed by atoms with Gasteiger partial charge in [-0.15, -0.1) is 0 Å². The number of hydrogen-bond donors (Lipinski definition) is 0. The van der Waals surface area contributed by atoms with Gasteiger partial charge in [0.15, 0.2) is 0 Å². The van der Waals surface area contributed by atoms with Crippen LogP contribution in [0.4, 0.5) is 0 Å². The van der Waals surface area contributed by atoms with Crippen LogP contribution in [0.2, 0.25) is 0 Å². The molecule has 0 aliphatic rings. The smallest absolute Gasteiger partial charge is 0.129 e. The molecule has 3 heteroatoms. The van der Waals surface area contributed by atoms with Gasteiger partial charge < -0.3 is 13.9 Å². The molecule has 0 atom stereocenters. The predicted octanol–water partition coefficient (Wildman–Crippen LogP) is 1.96. The summed E-state index contributed by atoms with van der Waals surface area (Å²) in [5.41, 5.74) is 0. The zero-order valence-electron chi connectivity index (χ0n) is 7.50. The minimum Gasteiger partial charge on any atom is -0.461 e. The summed E-state index contributed by atoms with van der Waals surface area (Å²) >= 11 is 0. The third kappa shape index (κ3) is 2.68. The van der Waals surface area contributed by atoms with E-state index in [0.29, 0.717) is 19.8 Å². The first-order chi connectivity index (χ1) is 5.86. The Hall–Kier alpha value is -0.800. The van der Waals surface area contributed by atoms with Gasteiger partial charge in [-0.2, -0.15) is 0 Å². The third-order valence-electron chi connectivity index (χ3n) is 1.45. The van der Waals surface area contributed by atoms with E-state index in [9.17, 15) is 0 Å². The minimum atomic E-state index is 0.520. The fraction of sp³-hybridized carbons (Fsp3) is 0.556. The van der Waals surface area contributed by atoms with Gasteiger partial charge in [0.05, 0.1) is 0 Å². The summed E-state index contributed by atoms with van der Waals surface area (Å²) in [7, 11) is 1.64. The summed E-state index contributed by atoms with van der Waals surface area (Å²) in [5.74, 6) is 1.69. The van der Waals surface area contributed by atoms with Gasteiger partial charge in [-0.25, -0.2) is 0 Å². The molecule has 1 rings (SSSR count). The van der Waals surface area contributed by atoms with Crippen LogP contribution >= 0.6 is 0 Å². The maximum absolute atomic E-state index is 5.38. The lowest BCUT2D eigenvalue weighted by molar-refractivity contribution is 0.111. The fourth-order valence-electron chi connectivity index (χ4n) is 0.922. The Morgan fingerprint density at radius 2 is 1.92 bits per heavy atom. The average Bonchev–Trinajstić information content (AvgIpc) is 2.50. The molecule has 0 aliphatic carbocycles. The molecule has 0 spiro atoms. The Morgan fingerprint density at radius 3 is 2.50 bits per heavy atom. The zero-order chi connectivity index (χ0) is 8.81. The Bertz CT molecular complexity index is 217. The van der Waals surface area contributed by atoms with E-state index in [4.69, 9.17) is 13.9 Å². The quantitative estimate of drug-likeness (QED) is 0.677. The highest BCUT2D eigenvalue weighted by atomic mass is 16.5. The summed E-state index contributed by atoms with van der Waals surface area (Å²) < 4.78 is 15.5. The summed E-state index contributed by atoms with van der Waals surface area (Å²) in [6.45, 7) is 3.73. The summed E-state index contributed by atoms with van der Waals surface area (Å²) in [6, 6.07) is 3.81. The number of furan rings is 1. The van der Waals surface area contributed by atoms with Crippen molar-refractivity contribution < 1.29 is 13.9 Å². The standard InChI is InChI=1S/C9H14O3/c1-3-11-7-9-5-4-8(12-9)6-10-2/h4-5H,3,6-7H2,1-2H3. The van der Waals surface area contributed by atoms with Crippen molar-refractivity contribution >= 4 is 0 Å². The van der Waals surface area contributed by atoms with Crippen LogP contribution in [0.25, 0.3) is 0 Å². The van der Waals surface area contributed by atoms with E-state index < -0.39 is 0 Å². The number of hydrogen-bond acceptors (Lipinski definition) is 3.